The highest BCUT2D eigenvalue weighted by Crippen LogP contribution is 2.28. The predicted molar refractivity (Wildman–Crippen MR) is 98.7 cm³/mol. The lowest BCUT2D eigenvalue weighted by molar-refractivity contribution is 0.160. The van der Waals surface area contributed by atoms with E-state index in [-0.39, 0.29) is 11.8 Å². The van der Waals surface area contributed by atoms with Crippen molar-refractivity contribution in [2.75, 3.05) is 5.32 Å². The number of nitrogens with one attached hydrogen (secondary N) is 1. The normalized spacial score (nSPS) is 12.6. The van der Waals surface area contributed by atoms with E-state index in [0.717, 1.165) is 0 Å². The molecule has 2 atom stereocenters. The van der Waals surface area contributed by atoms with Gasteiger partial charge in [-0.25, -0.2) is 0 Å². The van der Waals surface area contributed by atoms with Crippen LogP contribution in [0.1, 0.15) is 30.0 Å². The second-order valence-electron chi connectivity index (χ2n) is 5.80. The molecule has 0 unspecified atom stereocenters. The van der Waals surface area contributed by atoms with Crippen LogP contribution in [0.4, 0.5) is 5.69 Å². The smallest absolute Gasteiger partial charge is 0.247 e. The first-order valence-electron chi connectivity index (χ1n) is 8.00. The number of aliphatic hydroxyl groups excluding tert-OH is 1. The maximum Gasteiger partial charge on any atom is 0.247 e. The van der Waals surface area contributed by atoms with Crippen molar-refractivity contribution in [2.45, 2.75) is 19.1 Å². The van der Waals surface area contributed by atoms with Crippen LogP contribution in [0.15, 0.2) is 46.9 Å². The Kier molecular flexibility index (Phi) is 5.37. The highest BCUT2D eigenvalue weighted by molar-refractivity contribution is 6.32. The third-order valence-electron chi connectivity index (χ3n) is 3.86. The molecule has 1 heterocycles. The van der Waals surface area contributed by atoms with E-state index in [1.807, 2.05) is 12.1 Å². The fourth-order valence-corrected chi connectivity index (χ4v) is 2.65. The van der Waals surface area contributed by atoms with Crippen molar-refractivity contribution in [3.63, 3.8) is 0 Å². The topological polar surface area (TPSA) is 119 Å². The summed E-state index contributed by atoms with van der Waals surface area (Å²) in [5, 5.41) is 39.4. The minimum atomic E-state index is -0.839. The van der Waals surface area contributed by atoms with Gasteiger partial charge in [-0.1, -0.05) is 11.6 Å². The Morgan fingerprint density at radius 2 is 1.85 bits per heavy atom. The lowest BCUT2D eigenvalue weighted by Gasteiger charge is -2.19. The molecular formula is C19H14ClN5O2. The van der Waals surface area contributed by atoms with Gasteiger partial charge in [-0.15, -0.1) is 10.2 Å². The Labute approximate surface area is 160 Å². The van der Waals surface area contributed by atoms with Crippen molar-refractivity contribution in [3.8, 4) is 23.6 Å². The van der Waals surface area contributed by atoms with Crippen LogP contribution < -0.4 is 5.32 Å². The second-order valence-corrected chi connectivity index (χ2v) is 6.21. The van der Waals surface area contributed by atoms with Crippen molar-refractivity contribution in [1.82, 2.24) is 10.2 Å². The van der Waals surface area contributed by atoms with Gasteiger partial charge in [-0.3, -0.25) is 0 Å². The van der Waals surface area contributed by atoms with Crippen molar-refractivity contribution < 1.29 is 9.52 Å². The number of nitrogens with zero attached hydrogens (tertiary/aromatic N) is 4. The van der Waals surface area contributed by atoms with Gasteiger partial charge in [0.25, 0.3) is 0 Å². The zero-order valence-electron chi connectivity index (χ0n) is 14.2. The molecule has 2 N–H and O–H groups in total. The van der Waals surface area contributed by atoms with Crippen LogP contribution in [-0.4, -0.2) is 21.4 Å². The Hall–Kier alpha value is -3.39. The maximum atomic E-state index is 10.1. The summed E-state index contributed by atoms with van der Waals surface area (Å²) in [6.07, 6.45) is -0.839. The van der Waals surface area contributed by atoms with Crippen LogP contribution in [-0.2, 0) is 0 Å². The molecule has 2 aromatic carbocycles. The summed E-state index contributed by atoms with van der Waals surface area (Å²) in [6, 6.07) is 14.9. The van der Waals surface area contributed by atoms with E-state index in [4.69, 9.17) is 26.5 Å². The number of hydrogen-bond acceptors (Lipinski definition) is 7. The summed E-state index contributed by atoms with van der Waals surface area (Å²) in [5.41, 5.74) is 2.15. The fraction of sp³-hybridized carbons (Fsp3) is 0.158. The number of rotatable bonds is 5. The lowest BCUT2D eigenvalue weighted by Crippen LogP contribution is -2.23. The van der Waals surface area contributed by atoms with Gasteiger partial charge in [-0.05, 0) is 49.4 Å². The van der Waals surface area contributed by atoms with E-state index >= 15 is 0 Å². The minimum absolute atomic E-state index is 0.199. The summed E-state index contributed by atoms with van der Waals surface area (Å²) in [7, 11) is 0. The maximum absolute atomic E-state index is 10.1. The molecule has 8 heteroatoms. The number of anilines is 1. The summed E-state index contributed by atoms with van der Waals surface area (Å²) in [4.78, 5) is 0. The molecule has 0 bridgehead atoms. The first-order chi connectivity index (χ1) is 13.0. The number of aromatic nitrogens is 2. The lowest BCUT2D eigenvalue weighted by atomic mass is 10.1. The number of hydrogen-bond donors (Lipinski definition) is 2. The van der Waals surface area contributed by atoms with Crippen molar-refractivity contribution >= 4 is 17.3 Å². The monoisotopic (exact) mass is 379 g/mol. The van der Waals surface area contributed by atoms with Gasteiger partial charge < -0.3 is 14.8 Å². The molecule has 27 heavy (non-hydrogen) atoms. The van der Waals surface area contributed by atoms with Crippen LogP contribution in [0.5, 0.6) is 0 Å². The molecule has 0 fully saturated rings. The van der Waals surface area contributed by atoms with Crippen molar-refractivity contribution in [2.24, 2.45) is 0 Å². The number of halogens is 1. The summed E-state index contributed by atoms with van der Waals surface area (Å²) >= 11 is 6.05. The van der Waals surface area contributed by atoms with E-state index < -0.39 is 12.1 Å². The first kappa shape index (κ1) is 18.4. The van der Waals surface area contributed by atoms with E-state index in [1.54, 1.807) is 49.4 Å². The van der Waals surface area contributed by atoms with Crippen LogP contribution in [0.3, 0.4) is 0 Å². The molecular weight excluding hydrogens is 366 g/mol. The molecule has 0 amide bonds. The molecule has 3 rings (SSSR count). The van der Waals surface area contributed by atoms with Gasteiger partial charge in [0, 0.05) is 11.3 Å². The Bertz CT molecular complexity index is 1030. The predicted octanol–water partition coefficient (Wildman–Crippen LogP) is 3.67. The highest BCUT2D eigenvalue weighted by Gasteiger charge is 2.24. The Morgan fingerprint density at radius 3 is 2.44 bits per heavy atom. The van der Waals surface area contributed by atoms with Gasteiger partial charge in [0.2, 0.25) is 11.8 Å². The molecule has 0 aliphatic rings. The number of aliphatic hydroxyl groups is 1. The zero-order chi connectivity index (χ0) is 19.4. The van der Waals surface area contributed by atoms with Crippen LogP contribution in [0, 0.1) is 22.7 Å². The average molecular weight is 380 g/mol. The van der Waals surface area contributed by atoms with E-state index in [2.05, 4.69) is 15.5 Å². The van der Waals surface area contributed by atoms with Crippen LogP contribution in [0.2, 0.25) is 5.02 Å². The van der Waals surface area contributed by atoms with Crippen molar-refractivity contribution in [1.29, 1.82) is 10.5 Å². The quantitative estimate of drug-likeness (QED) is 0.694. The average Bonchev–Trinajstić information content (AvgIpc) is 3.16. The molecule has 0 spiro atoms. The van der Waals surface area contributed by atoms with Gasteiger partial charge in [0.15, 0.2) is 0 Å². The molecule has 1 aromatic heterocycles. The largest absolute Gasteiger partial charge is 0.418 e. The Balaban J connectivity index is 1.85. The van der Waals surface area contributed by atoms with E-state index in [0.29, 0.717) is 27.4 Å². The van der Waals surface area contributed by atoms with Gasteiger partial charge in [0.05, 0.1) is 28.3 Å². The molecule has 134 valence electrons. The van der Waals surface area contributed by atoms with Crippen LogP contribution >= 0.6 is 11.6 Å². The molecule has 0 radical (unpaired) electrons. The van der Waals surface area contributed by atoms with Crippen molar-refractivity contribution in [3.05, 3.63) is 64.5 Å². The van der Waals surface area contributed by atoms with E-state index in [9.17, 15) is 5.11 Å². The third-order valence-corrected chi connectivity index (χ3v) is 4.17. The Morgan fingerprint density at radius 1 is 1.11 bits per heavy atom. The summed E-state index contributed by atoms with van der Waals surface area (Å²) < 4.78 is 5.70. The van der Waals surface area contributed by atoms with Crippen LogP contribution in [0.25, 0.3) is 11.5 Å². The minimum Gasteiger partial charge on any atom is -0.418 e. The second kappa shape index (κ2) is 7.88. The standard InChI is InChI=1S/C19H14ClN5O2/c1-11(26)17(23-15-7-6-14(10-22)16(20)8-15)19-25-24-18(27-19)13-4-2-12(9-21)3-5-13/h2-8,11,17,23,26H,1H3/t11-,17+/m0/s1. The third kappa shape index (κ3) is 4.06. The molecule has 7 nitrogen and oxygen atoms in total. The molecule has 0 saturated heterocycles. The summed E-state index contributed by atoms with van der Waals surface area (Å²) in [5.74, 6) is 0.477. The van der Waals surface area contributed by atoms with Gasteiger partial charge in [0.1, 0.15) is 12.1 Å². The van der Waals surface area contributed by atoms with Gasteiger partial charge >= 0.3 is 0 Å². The molecule has 0 aliphatic heterocycles. The van der Waals surface area contributed by atoms with Gasteiger partial charge in [-0.2, -0.15) is 10.5 Å². The SMILES string of the molecule is C[C@H](O)[C@@H](Nc1ccc(C#N)c(Cl)c1)c1nnc(-c2ccc(C#N)cc2)o1. The number of nitriles is 2. The fourth-order valence-electron chi connectivity index (χ4n) is 2.43. The first-order valence-corrected chi connectivity index (χ1v) is 8.38. The molecule has 0 saturated carbocycles. The van der Waals surface area contributed by atoms with E-state index in [1.165, 1.54) is 0 Å². The summed E-state index contributed by atoms with van der Waals surface area (Å²) in [6.45, 7) is 1.59. The molecule has 0 aliphatic carbocycles. The zero-order valence-corrected chi connectivity index (χ0v) is 15.0. The molecule has 3 aromatic rings. The number of benzene rings is 2. The highest BCUT2D eigenvalue weighted by atomic mass is 35.5.